The summed E-state index contributed by atoms with van der Waals surface area (Å²) in [5.41, 5.74) is 0.936. The zero-order valence-electron chi connectivity index (χ0n) is 10.5. The van der Waals surface area contributed by atoms with Crippen LogP contribution in [-0.4, -0.2) is 23.9 Å². The largest absolute Gasteiger partial charge is 0.343 e. The van der Waals surface area contributed by atoms with Crippen LogP contribution >= 0.6 is 0 Å². The van der Waals surface area contributed by atoms with Crippen molar-refractivity contribution in [3.63, 3.8) is 0 Å². The maximum absolute atomic E-state index is 12.1. The minimum Gasteiger partial charge on any atom is -0.343 e. The molecule has 1 saturated heterocycles. The van der Waals surface area contributed by atoms with Crippen LogP contribution in [0.5, 0.6) is 0 Å². The molecule has 1 amide bonds. The van der Waals surface area contributed by atoms with E-state index in [2.05, 4.69) is 6.07 Å². The smallest absolute Gasteiger partial charge is 0.224 e. The van der Waals surface area contributed by atoms with Gasteiger partial charge < -0.3 is 4.90 Å². The number of amides is 1. The predicted octanol–water partition coefficient (Wildman–Crippen LogP) is 2.70. The molecular weight excluding hydrogens is 224 g/mol. The number of benzene rings is 1. The first-order valence-corrected chi connectivity index (χ1v) is 6.53. The molecule has 3 heteroatoms. The van der Waals surface area contributed by atoms with Crippen LogP contribution in [-0.2, 0) is 4.79 Å². The summed E-state index contributed by atoms with van der Waals surface area (Å²) in [4.78, 5) is 14.0. The highest BCUT2D eigenvalue weighted by Gasteiger charge is 2.21. The Labute approximate surface area is 108 Å². The molecule has 0 radical (unpaired) electrons. The van der Waals surface area contributed by atoms with Gasteiger partial charge >= 0.3 is 0 Å². The van der Waals surface area contributed by atoms with Crippen molar-refractivity contribution in [3.05, 3.63) is 35.9 Å². The lowest BCUT2D eigenvalue weighted by molar-refractivity contribution is -0.132. The Morgan fingerprint density at radius 3 is 2.50 bits per heavy atom. The third kappa shape index (κ3) is 3.10. The van der Waals surface area contributed by atoms with Gasteiger partial charge in [-0.1, -0.05) is 30.3 Å². The fourth-order valence-corrected chi connectivity index (χ4v) is 2.37. The Morgan fingerprint density at radius 2 is 1.89 bits per heavy atom. The zero-order chi connectivity index (χ0) is 12.8. The first-order chi connectivity index (χ1) is 8.81. The highest BCUT2D eigenvalue weighted by molar-refractivity contribution is 5.77. The Balaban J connectivity index is 1.98. The fourth-order valence-electron chi connectivity index (χ4n) is 2.37. The van der Waals surface area contributed by atoms with Crippen molar-refractivity contribution in [1.82, 2.24) is 4.90 Å². The lowest BCUT2D eigenvalue weighted by atomic mass is 9.96. The summed E-state index contributed by atoms with van der Waals surface area (Å²) in [6, 6.07) is 11.8. The standard InChI is InChI=1S/C15H18N2O/c16-12-14(13-7-3-1-4-8-13)11-15(18)17-9-5-2-6-10-17/h1,3-4,7-8,14H,2,5-6,9-11H2. The maximum Gasteiger partial charge on any atom is 0.224 e. The molecule has 0 spiro atoms. The highest BCUT2D eigenvalue weighted by atomic mass is 16.2. The van der Waals surface area contributed by atoms with Crippen LogP contribution in [0.2, 0.25) is 0 Å². The summed E-state index contributed by atoms with van der Waals surface area (Å²) >= 11 is 0. The number of carbonyl (C=O) groups excluding carboxylic acids is 1. The molecule has 0 saturated carbocycles. The molecule has 1 aromatic rings. The number of nitrogens with zero attached hydrogens (tertiary/aromatic N) is 2. The zero-order valence-corrected chi connectivity index (χ0v) is 10.5. The van der Waals surface area contributed by atoms with E-state index in [1.807, 2.05) is 35.2 Å². The van der Waals surface area contributed by atoms with E-state index in [0.717, 1.165) is 31.5 Å². The first kappa shape index (κ1) is 12.6. The molecule has 18 heavy (non-hydrogen) atoms. The first-order valence-electron chi connectivity index (χ1n) is 6.53. The second kappa shape index (κ2) is 6.20. The molecule has 1 heterocycles. The van der Waals surface area contributed by atoms with E-state index in [0.29, 0.717) is 6.42 Å². The lowest BCUT2D eigenvalue weighted by Gasteiger charge is -2.27. The van der Waals surface area contributed by atoms with Gasteiger partial charge in [0.15, 0.2) is 0 Å². The van der Waals surface area contributed by atoms with Gasteiger partial charge in [0.25, 0.3) is 0 Å². The molecule has 0 N–H and O–H groups in total. The lowest BCUT2D eigenvalue weighted by Crippen LogP contribution is -2.36. The molecule has 0 bridgehead atoms. The van der Waals surface area contributed by atoms with Crippen LogP contribution in [0.4, 0.5) is 0 Å². The molecular formula is C15H18N2O. The van der Waals surface area contributed by atoms with Gasteiger partial charge in [0.05, 0.1) is 12.0 Å². The van der Waals surface area contributed by atoms with Crippen LogP contribution in [0.15, 0.2) is 30.3 Å². The van der Waals surface area contributed by atoms with Crippen molar-refractivity contribution in [2.75, 3.05) is 13.1 Å². The van der Waals surface area contributed by atoms with Gasteiger partial charge in [0, 0.05) is 19.5 Å². The van der Waals surface area contributed by atoms with Crippen LogP contribution in [0.25, 0.3) is 0 Å². The number of rotatable bonds is 3. The van der Waals surface area contributed by atoms with Crippen molar-refractivity contribution >= 4 is 5.91 Å². The average molecular weight is 242 g/mol. The molecule has 0 aliphatic carbocycles. The van der Waals surface area contributed by atoms with Crippen molar-refractivity contribution in [2.24, 2.45) is 0 Å². The summed E-state index contributed by atoms with van der Waals surface area (Å²) < 4.78 is 0. The van der Waals surface area contributed by atoms with Gasteiger partial charge in [-0.2, -0.15) is 5.26 Å². The SMILES string of the molecule is N#CC(CC(=O)N1CCCCC1)c1ccccc1. The van der Waals surface area contributed by atoms with Gasteiger partial charge in [0.2, 0.25) is 5.91 Å². The summed E-state index contributed by atoms with van der Waals surface area (Å²) in [6.45, 7) is 1.71. The molecule has 1 fully saturated rings. The number of hydrogen-bond acceptors (Lipinski definition) is 2. The van der Waals surface area contributed by atoms with E-state index in [1.165, 1.54) is 6.42 Å². The van der Waals surface area contributed by atoms with Crippen LogP contribution in [0, 0.1) is 11.3 Å². The Kier molecular flexibility index (Phi) is 4.35. The van der Waals surface area contributed by atoms with Gasteiger partial charge in [-0.25, -0.2) is 0 Å². The normalized spacial score (nSPS) is 16.9. The topological polar surface area (TPSA) is 44.1 Å². The second-order valence-electron chi connectivity index (χ2n) is 4.74. The third-order valence-corrected chi connectivity index (χ3v) is 3.45. The van der Waals surface area contributed by atoms with Crippen molar-refractivity contribution in [2.45, 2.75) is 31.6 Å². The third-order valence-electron chi connectivity index (χ3n) is 3.45. The summed E-state index contributed by atoms with van der Waals surface area (Å²) in [5, 5.41) is 9.21. The minimum atomic E-state index is -0.319. The average Bonchev–Trinajstić information content (AvgIpc) is 2.46. The molecule has 1 aliphatic heterocycles. The van der Waals surface area contributed by atoms with E-state index in [-0.39, 0.29) is 11.8 Å². The second-order valence-corrected chi connectivity index (χ2v) is 4.74. The quantitative estimate of drug-likeness (QED) is 0.818. The number of hydrogen-bond donors (Lipinski definition) is 0. The molecule has 94 valence electrons. The molecule has 0 aromatic heterocycles. The van der Waals surface area contributed by atoms with Gasteiger partial charge in [-0.15, -0.1) is 0 Å². The van der Waals surface area contributed by atoms with Crippen LogP contribution in [0.3, 0.4) is 0 Å². The molecule has 1 atom stereocenters. The number of likely N-dealkylation sites (tertiary alicyclic amines) is 1. The molecule has 3 nitrogen and oxygen atoms in total. The van der Waals surface area contributed by atoms with E-state index >= 15 is 0 Å². The van der Waals surface area contributed by atoms with E-state index < -0.39 is 0 Å². The van der Waals surface area contributed by atoms with Crippen molar-refractivity contribution in [3.8, 4) is 6.07 Å². The Bertz CT molecular complexity index is 430. The molecule has 1 aliphatic rings. The summed E-state index contributed by atoms with van der Waals surface area (Å²) in [5.74, 6) is -0.203. The van der Waals surface area contributed by atoms with E-state index in [9.17, 15) is 10.1 Å². The highest BCUT2D eigenvalue weighted by Crippen LogP contribution is 2.20. The fraction of sp³-hybridized carbons (Fsp3) is 0.467. The summed E-state index contributed by atoms with van der Waals surface area (Å²) in [7, 11) is 0. The predicted molar refractivity (Wildman–Crippen MR) is 69.8 cm³/mol. The molecule has 2 rings (SSSR count). The number of piperidine rings is 1. The number of carbonyl (C=O) groups is 1. The number of nitriles is 1. The van der Waals surface area contributed by atoms with E-state index in [1.54, 1.807) is 0 Å². The van der Waals surface area contributed by atoms with Gasteiger partial charge in [-0.05, 0) is 24.8 Å². The Hall–Kier alpha value is -1.82. The molecule has 1 aromatic carbocycles. The maximum atomic E-state index is 12.1. The minimum absolute atomic E-state index is 0.116. The van der Waals surface area contributed by atoms with Gasteiger partial charge in [-0.3, -0.25) is 4.79 Å². The van der Waals surface area contributed by atoms with Crippen molar-refractivity contribution in [1.29, 1.82) is 5.26 Å². The molecule has 1 unspecified atom stereocenters. The monoisotopic (exact) mass is 242 g/mol. The van der Waals surface area contributed by atoms with E-state index in [4.69, 9.17) is 0 Å². The van der Waals surface area contributed by atoms with Gasteiger partial charge in [0.1, 0.15) is 0 Å². The van der Waals surface area contributed by atoms with Crippen LogP contribution < -0.4 is 0 Å². The summed E-state index contributed by atoms with van der Waals surface area (Å²) in [6.07, 6.45) is 3.70. The van der Waals surface area contributed by atoms with Crippen LogP contribution in [0.1, 0.15) is 37.2 Å². The Morgan fingerprint density at radius 1 is 1.22 bits per heavy atom. The van der Waals surface area contributed by atoms with Crippen molar-refractivity contribution < 1.29 is 4.79 Å².